The fourth-order valence-electron chi connectivity index (χ4n) is 1.11. The van der Waals surface area contributed by atoms with Gasteiger partial charge in [-0.1, -0.05) is 30.1 Å². The van der Waals surface area contributed by atoms with Gasteiger partial charge in [-0.3, -0.25) is 0 Å². The molecule has 0 spiro atoms. The fourth-order valence-corrected chi connectivity index (χ4v) is 1.45. The molecular weight excluding hydrogens is 233 g/mol. The van der Waals surface area contributed by atoms with E-state index >= 15 is 0 Å². The smallest absolute Gasteiger partial charge is 0.139 e. The Morgan fingerprint density at radius 2 is 2.13 bits per heavy atom. The second kappa shape index (κ2) is 6.21. The van der Waals surface area contributed by atoms with Crippen molar-refractivity contribution in [1.29, 1.82) is 0 Å². The van der Waals surface area contributed by atoms with Gasteiger partial charge in [0.1, 0.15) is 5.75 Å². The average molecular weight is 248 g/mol. The second-order valence-corrected chi connectivity index (χ2v) is 4.22. The van der Waals surface area contributed by atoms with Crippen LogP contribution in [0.15, 0.2) is 18.2 Å². The highest BCUT2D eigenvalue weighted by atomic mass is 35.5. The zero-order valence-corrected chi connectivity index (χ0v) is 10.2. The first kappa shape index (κ1) is 12.6. The Balaban J connectivity index is 2.46. The molecule has 84 valence electrons. The maximum atomic E-state index is 5.93. The van der Waals surface area contributed by atoms with Crippen LogP contribution in [0.4, 0.5) is 0 Å². The summed E-state index contributed by atoms with van der Waals surface area (Å²) >= 11 is 11.8. The van der Waals surface area contributed by atoms with Crippen LogP contribution in [0.25, 0.3) is 0 Å². The quantitative estimate of drug-likeness (QED) is 0.865. The van der Waals surface area contributed by atoms with Crippen LogP contribution < -0.4 is 10.5 Å². The van der Waals surface area contributed by atoms with Crippen molar-refractivity contribution in [2.45, 2.75) is 25.8 Å². The lowest BCUT2D eigenvalue weighted by molar-refractivity contribution is 0.296. The second-order valence-electron chi connectivity index (χ2n) is 3.38. The molecule has 15 heavy (non-hydrogen) atoms. The molecule has 1 unspecified atom stereocenters. The summed E-state index contributed by atoms with van der Waals surface area (Å²) in [5, 5.41) is 1.19. The highest BCUT2D eigenvalue weighted by Crippen LogP contribution is 2.27. The predicted molar refractivity (Wildman–Crippen MR) is 64.8 cm³/mol. The van der Waals surface area contributed by atoms with Gasteiger partial charge in [-0.15, -0.1) is 0 Å². The molecule has 0 amide bonds. The van der Waals surface area contributed by atoms with Crippen LogP contribution in [0.2, 0.25) is 10.0 Å². The lowest BCUT2D eigenvalue weighted by Crippen LogP contribution is -2.21. The monoisotopic (exact) mass is 247 g/mol. The first-order valence-corrected chi connectivity index (χ1v) is 5.72. The van der Waals surface area contributed by atoms with Gasteiger partial charge in [0, 0.05) is 17.1 Å². The zero-order valence-electron chi connectivity index (χ0n) is 8.67. The van der Waals surface area contributed by atoms with E-state index in [1.165, 1.54) is 0 Å². The number of hydrogen-bond donors (Lipinski definition) is 1. The molecule has 2 N–H and O–H groups in total. The normalized spacial score (nSPS) is 12.5. The summed E-state index contributed by atoms with van der Waals surface area (Å²) in [5.41, 5.74) is 5.77. The van der Waals surface area contributed by atoms with Crippen LogP contribution >= 0.6 is 23.2 Å². The van der Waals surface area contributed by atoms with E-state index in [0.717, 1.165) is 12.8 Å². The Kier molecular flexibility index (Phi) is 5.23. The molecule has 0 heterocycles. The third kappa shape index (κ3) is 4.29. The highest BCUT2D eigenvalue weighted by molar-refractivity contribution is 6.34. The van der Waals surface area contributed by atoms with Crippen LogP contribution in [0, 0.1) is 0 Å². The third-order valence-electron chi connectivity index (χ3n) is 2.16. The number of hydrogen-bond acceptors (Lipinski definition) is 2. The first-order chi connectivity index (χ1) is 7.13. The lowest BCUT2D eigenvalue weighted by atomic mass is 10.2. The summed E-state index contributed by atoms with van der Waals surface area (Å²) in [6.07, 6.45) is 1.77. The van der Waals surface area contributed by atoms with E-state index in [1.807, 2.05) is 0 Å². The third-order valence-corrected chi connectivity index (χ3v) is 2.71. The SMILES string of the molecule is CCC(N)CCOc1cc(Cl)ccc1Cl. The molecule has 1 aromatic rings. The van der Waals surface area contributed by atoms with Crippen LogP contribution in [0.3, 0.4) is 0 Å². The van der Waals surface area contributed by atoms with Gasteiger partial charge >= 0.3 is 0 Å². The zero-order chi connectivity index (χ0) is 11.3. The standard InChI is InChI=1S/C11H15Cl2NO/c1-2-9(14)5-6-15-11-7-8(12)3-4-10(11)13/h3-4,7,9H,2,5-6,14H2,1H3. The van der Waals surface area contributed by atoms with E-state index in [0.29, 0.717) is 22.4 Å². The summed E-state index contributed by atoms with van der Waals surface area (Å²) in [7, 11) is 0. The Morgan fingerprint density at radius 1 is 1.40 bits per heavy atom. The molecule has 0 bridgehead atoms. The minimum absolute atomic E-state index is 0.183. The van der Waals surface area contributed by atoms with Gasteiger partial charge in [-0.2, -0.15) is 0 Å². The maximum absolute atomic E-state index is 5.93. The van der Waals surface area contributed by atoms with Crippen LogP contribution in [0.1, 0.15) is 19.8 Å². The van der Waals surface area contributed by atoms with Gasteiger partial charge in [0.15, 0.2) is 0 Å². The summed E-state index contributed by atoms with van der Waals surface area (Å²) in [6, 6.07) is 5.34. The number of benzene rings is 1. The molecule has 0 saturated carbocycles. The highest BCUT2D eigenvalue weighted by Gasteiger charge is 2.04. The molecule has 0 aliphatic carbocycles. The molecule has 0 aliphatic rings. The Morgan fingerprint density at radius 3 is 2.80 bits per heavy atom. The number of ether oxygens (including phenoxy) is 1. The van der Waals surface area contributed by atoms with Crippen molar-refractivity contribution in [3.63, 3.8) is 0 Å². The topological polar surface area (TPSA) is 35.2 Å². The van der Waals surface area contributed by atoms with E-state index < -0.39 is 0 Å². The van der Waals surface area contributed by atoms with Crippen molar-refractivity contribution < 1.29 is 4.74 Å². The van der Waals surface area contributed by atoms with Crippen molar-refractivity contribution >= 4 is 23.2 Å². The van der Waals surface area contributed by atoms with E-state index in [-0.39, 0.29) is 6.04 Å². The molecule has 0 saturated heterocycles. The van der Waals surface area contributed by atoms with E-state index in [1.54, 1.807) is 18.2 Å². The van der Waals surface area contributed by atoms with E-state index in [9.17, 15) is 0 Å². The van der Waals surface area contributed by atoms with Crippen molar-refractivity contribution in [1.82, 2.24) is 0 Å². The van der Waals surface area contributed by atoms with Crippen molar-refractivity contribution in [3.05, 3.63) is 28.2 Å². The van der Waals surface area contributed by atoms with Crippen LogP contribution in [0.5, 0.6) is 5.75 Å². The molecule has 1 rings (SSSR count). The Hall–Kier alpha value is -0.440. The van der Waals surface area contributed by atoms with Gasteiger partial charge < -0.3 is 10.5 Å². The van der Waals surface area contributed by atoms with Gasteiger partial charge in [-0.25, -0.2) is 0 Å². The van der Waals surface area contributed by atoms with Gasteiger partial charge in [0.05, 0.1) is 11.6 Å². The first-order valence-electron chi connectivity index (χ1n) is 4.97. The minimum atomic E-state index is 0.183. The molecule has 1 aromatic carbocycles. The molecular formula is C11H15Cl2NO. The Labute approximate surface area is 100 Å². The predicted octanol–water partition coefficient (Wildman–Crippen LogP) is 3.50. The molecule has 0 aromatic heterocycles. The Bertz CT molecular complexity index is 317. The summed E-state index contributed by atoms with van der Waals surface area (Å²) < 4.78 is 5.49. The van der Waals surface area contributed by atoms with Gasteiger partial charge in [-0.05, 0) is 25.0 Å². The molecule has 1 atom stereocenters. The van der Waals surface area contributed by atoms with E-state index in [4.69, 9.17) is 33.7 Å². The summed E-state index contributed by atoms with van der Waals surface area (Å²) in [6.45, 7) is 2.62. The number of rotatable bonds is 5. The van der Waals surface area contributed by atoms with Crippen molar-refractivity contribution in [3.8, 4) is 5.75 Å². The lowest BCUT2D eigenvalue weighted by Gasteiger charge is -2.11. The fraction of sp³-hybridized carbons (Fsp3) is 0.455. The van der Waals surface area contributed by atoms with Crippen molar-refractivity contribution in [2.75, 3.05) is 6.61 Å². The summed E-state index contributed by atoms with van der Waals surface area (Å²) in [5.74, 6) is 0.618. The van der Waals surface area contributed by atoms with Gasteiger partial charge in [0.25, 0.3) is 0 Å². The molecule has 2 nitrogen and oxygen atoms in total. The molecule has 0 aliphatic heterocycles. The minimum Gasteiger partial charge on any atom is -0.492 e. The van der Waals surface area contributed by atoms with Crippen LogP contribution in [-0.4, -0.2) is 12.6 Å². The average Bonchev–Trinajstić information content (AvgIpc) is 2.23. The van der Waals surface area contributed by atoms with E-state index in [2.05, 4.69) is 6.92 Å². The molecule has 0 radical (unpaired) electrons. The van der Waals surface area contributed by atoms with Crippen molar-refractivity contribution in [2.24, 2.45) is 5.73 Å². The summed E-state index contributed by atoms with van der Waals surface area (Å²) in [4.78, 5) is 0. The van der Waals surface area contributed by atoms with Crippen LogP contribution in [-0.2, 0) is 0 Å². The molecule has 4 heteroatoms. The number of halogens is 2. The molecule has 0 fully saturated rings. The number of nitrogens with two attached hydrogens (primary N) is 1. The largest absolute Gasteiger partial charge is 0.492 e. The van der Waals surface area contributed by atoms with Gasteiger partial charge in [0.2, 0.25) is 0 Å². The maximum Gasteiger partial charge on any atom is 0.139 e.